The normalized spacial score (nSPS) is 20.2. The van der Waals surface area contributed by atoms with Crippen LogP contribution < -0.4 is 5.73 Å². The molecule has 106 valence electrons. The first kappa shape index (κ1) is 14.9. The molecule has 2 rings (SSSR count). The third kappa shape index (κ3) is 3.56. The summed E-state index contributed by atoms with van der Waals surface area (Å²) in [6, 6.07) is 4.85. The molecule has 1 aromatic carbocycles. The van der Waals surface area contributed by atoms with Crippen molar-refractivity contribution in [3.8, 4) is 0 Å². The number of benzene rings is 1. The van der Waals surface area contributed by atoms with Crippen LogP contribution in [0.3, 0.4) is 0 Å². The van der Waals surface area contributed by atoms with Gasteiger partial charge in [0.1, 0.15) is 5.82 Å². The lowest BCUT2D eigenvalue weighted by Crippen LogP contribution is -2.51. The lowest BCUT2D eigenvalue weighted by molar-refractivity contribution is -0.0582. The van der Waals surface area contributed by atoms with Gasteiger partial charge in [0.15, 0.2) is 0 Å². The van der Waals surface area contributed by atoms with E-state index >= 15 is 0 Å². The van der Waals surface area contributed by atoms with Gasteiger partial charge < -0.3 is 10.5 Å². The topological polar surface area (TPSA) is 35.2 Å². The van der Waals surface area contributed by atoms with E-state index < -0.39 is 0 Å². The van der Waals surface area contributed by atoms with Gasteiger partial charge in [-0.25, -0.2) is 4.39 Å². The zero-order chi connectivity index (χ0) is 13.9. The molecule has 1 aromatic rings. The first-order valence-corrected chi connectivity index (χ1v) is 7.61. The van der Waals surface area contributed by atoms with Crippen molar-refractivity contribution in [3.05, 3.63) is 34.1 Å². The molecule has 2 nitrogen and oxygen atoms in total. The number of hydrogen-bond donors (Lipinski definition) is 1. The van der Waals surface area contributed by atoms with E-state index in [4.69, 9.17) is 10.5 Å². The van der Waals surface area contributed by atoms with Gasteiger partial charge in [-0.1, -0.05) is 35.2 Å². The van der Waals surface area contributed by atoms with Gasteiger partial charge in [-0.2, -0.15) is 0 Å². The second kappa shape index (κ2) is 6.33. The standard InChI is InChI=1S/C15H21BrFNO/c1-19-15(5-3-2-4-6-15)14(18)9-11-7-12(16)10-13(17)8-11/h7-8,10,14H,2-6,9,18H2,1H3. The van der Waals surface area contributed by atoms with Gasteiger partial charge in [-0.15, -0.1) is 0 Å². The predicted octanol–water partition coefficient (Wildman–Crippen LogP) is 3.81. The van der Waals surface area contributed by atoms with Crippen molar-refractivity contribution in [3.63, 3.8) is 0 Å². The molecular formula is C15H21BrFNO. The summed E-state index contributed by atoms with van der Waals surface area (Å²) in [5, 5.41) is 0. The molecule has 19 heavy (non-hydrogen) atoms. The van der Waals surface area contributed by atoms with Crippen LogP contribution in [0.25, 0.3) is 0 Å². The Morgan fingerprint density at radius 1 is 1.32 bits per heavy atom. The highest BCUT2D eigenvalue weighted by molar-refractivity contribution is 9.10. The second-order valence-corrected chi connectivity index (χ2v) is 6.33. The lowest BCUT2D eigenvalue weighted by atomic mass is 9.77. The van der Waals surface area contributed by atoms with Gasteiger partial charge in [0, 0.05) is 17.6 Å². The molecule has 1 saturated carbocycles. The molecule has 0 bridgehead atoms. The summed E-state index contributed by atoms with van der Waals surface area (Å²) < 4.78 is 19.9. The summed E-state index contributed by atoms with van der Waals surface area (Å²) in [6.45, 7) is 0. The molecule has 0 aromatic heterocycles. The number of methoxy groups -OCH3 is 1. The third-order valence-electron chi connectivity index (χ3n) is 4.16. The fraction of sp³-hybridized carbons (Fsp3) is 0.600. The monoisotopic (exact) mass is 329 g/mol. The highest BCUT2D eigenvalue weighted by Crippen LogP contribution is 2.34. The number of rotatable bonds is 4. The molecule has 0 aliphatic heterocycles. The summed E-state index contributed by atoms with van der Waals surface area (Å²) in [7, 11) is 1.74. The summed E-state index contributed by atoms with van der Waals surface area (Å²) in [5.74, 6) is -0.230. The van der Waals surface area contributed by atoms with Crippen molar-refractivity contribution in [2.75, 3.05) is 7.11 Å². The maximum Gasteiger partial charge on any atom is 0.124 e. The van der Waals surface area contributed by atoms with Gasteiger partial charge in [0.05, 0.1) is 5.60 Å². The molecule has 4 heteroatoms. The zero-order valence-corrected chi connectivity index (χ0v) is 12.9. The summed E-state index contributed by atoms with van der Waals surface area (Å²) in [5.41, 5.74) is 7.04. The molecule has 0 amide bonds. The van der Waals surface area contributed by atoms with Crippen molar-refractivity contribution >= 4 is 15.9 Å². The summed E-state index contributed by atoms with van der Waals surface area (Å²) >= 11 is 3.32. The molecule has 0 radical (unpaired) electrons. The Balaban J connectivity index is 2.12. The fourth-order valence-corrected chi connectivity index (χ4v) is 3.56. The van der Waals surface area contributed by atoms with Crippen LogP contribution in [0, 0.1) is 5.82 Å². The number of nitrogens with two attached hydrogens (primary N) is 1. The van der Waals surface area contributed by atoms with Crippen LogP contribution in [0.5, 0.6) is 0 Å². The van der Waals surface area contributed by atoms with E-state index in [9.17, 15) is 4.39 Å². The van der Waals surface area contributed by atoms with Crippen LogP contribution in [0.15, 0.2) is 22.7 Å². The largest absolute Gasteiger partial charge is 0.377 e. The van der Waals surface area contributed by atoms with Gasteiger partial charge in [0.2, 0.25) is 0 Å². The molecule has 0 heterocycles. The zero-order valence-electron chi connectivity index (χ0n) is 11.3. The van der Waals surface area contributed by atoms with Crippen molar-refractivity contribution < 1.29 is 9.13 Å². The van der Waals surface area contributed by atoms with Crippen LogP contribution in [-0.4, -0.2) is 18.8 Å². The maximum absolute atomic E-state index is 13.4. The van der Waals surface area contributed by atoms with Gasteiger partial charge in [-0.3, -0.25) is 0 Å². The molecule has 1 aliphatic rings. The minimum Gasteiger partial charge on any atom is -0.377 e. The highest BCUT2D eigenvalue weighted by atomic mass is 79.9. The average Bonchev–Trinajstić information content (AvgIpc) is 2.38. The minimum atomic E-state index is -0.239. The smallest absolute Gasteiger partial charge is 0.124 e. The second-order valence-electron chi connectivity index (χ2n) is 5.42. The molecule has 1 aliphatic carbocycles. The lowest BCUT2D eigenvalue weighted by Gasteiger charge is -2.41. The van der Waals surface area contributed by atoms with Gasteiger partial charge in [-0.05, 0) is 43.0 Å². The molecule has 1 unspecified atom stereocenters. The Bertz CT molecular complexity index is 412. The van der Waals surface area contributed by atoms with Crippen molar-refractivity contribution in [1.82, 2.24) is 0 Å². The first-order valence-electron chi connectivity index (χ1n) is 6.81. The van der Waals surface area contributed by atoms with E-state index in [1.807, 2.05) is 6.07 Å². The predicted molar refractivity (Wildman–Crippen MR) is 78.6 cm³/mol. The third-order valence-corrected chi connectivity index (χ3v) is 4.62. The number of hydrogen-bond acceptors (Lipinski definition) is 2. The van der Waals surface area contributed by atoms with Gasteiger partial charge in [0.25, 0.3) is 0 Å². The first-order chi connectivity index (χ1) is 9.05. The molecule has 1 atom stereocenters. The molecule has 0 saturated heterocycles. The number of halogens is 2. The van der Waals surface area contributed by atoms with Crippen molar-refractivity contribution in [2.45, 2.75) is 50.2 Å². The number of ether oxygens (including phenoxy) is 1. The Morgan fingerprint density at radius 3 is 2.58 bits per heavy atom. The average molecular weight is 330 g/mol. The van der Waals surface area contributed by atoms with Crippen LogP contribution >= 0.6 is 15.9 Å². The Labute approximate surface area is 122 Å². The van der Waals surface area contributed by atoms with E-state index in [1.165, 1.54) is 12.5 Å². The minimum absolute atomic E-state index is 0.0912. The molecule has 2 N–H and O–H groups in total. The maximum atomic E-state index is 13.4. The van der Waals surface area contributed by atoms with E-state index in [1.54, 1.807) is 13.2 Å². The van der Waals surface area contributed by atoms with Crippen LogP contribution in [0.4, 0.5) is 4.39 Å². The Kier molecular flexibility index (Phi) is 4.98. The Hall–Kier alpha value is -0.450. The molecule has 0 spiro atoms. The summed E-state index contributed by atoms with van der Waals surface area (Å²) in [6.07, 6.45) is 6.22. The Morgan fingerprint density at radius 2 is 2.00 bits per heavy atom. The van der Waals surface area contributed by atoms with Gasteiger partial charge >= 0.3 is 0 Å². The van der Waals surface area contributed by atoms with E-state index in [0.29, 0.717) is 6.42 Å². The van der Waals surface area contributed by atoms with E-state index in [-0.39, 0.29) is 17.5 Å². The molecule has 1 fully saturated rings. The van der Waals surface area contributed by atoms with Crippen molar-refractivity contribution in [2.24, 2.45) is 5.73 Å². The quantitative estimate of drug-likeness (QED) is 0.911. The summed E-state index contributed by atoms with van der Waals surface area (Å²) in [4.78, 5) is 0. The molecular weight excluding hydrogens is 309 g/mol. The highest BCUT2D eigenvalue weighted by Gasteiger charge is 2.37. The SMILES string of the molecule is COC1(C(N)Cc2cc(F)cc(Br)c2)CCCCC1. The van der Waals surface area contributed by atoms with E-state index in [2.05, 4.69) is 15.9 Å². The van der Waals surface area contributed by atoms with Crippen LogP contribution in [-0.2, 0) is 11.2 Å². The van der Waals surface area contributed by atoms with E-state index in [0.717, 1.165) is 35.7 Å². The fourth-order valence-electron chi connectivity index (χ4n) is 3.05. The van der Waals surface area contributed by atoms with Crippen LogP contribution in [0.2, 0.25) is 0 Å². The van der Waals surface area contributed by atoms with Crippen LogP contribution in [0.1, 0.15) is 37.7 Å². The van der Waals surface area contributed by atoms with Crippen molar-refractivity contribution in [1.29, 1.82) is 0 Å².